The van der Waals surface area contributed by atoms with Gasteiger partial charge in [-0.1, -0.05) is 12.1 Å². The molecule has 0 bridgehead atoms. The minimum Gasteiger partial charge on any atom is -0.478 e. The maximum atomic E-state index is 10.7. The molecule has 21 heavy (non-hydrogen) atoms. The number of hydrogen-bond donors (Lipinski definition) is 2. The van der Waals surface area contributed by atoms with Crippen LogP contribution in [0, 0.1) is 0 Å². The zero-order chi connectivity index (χ0) is 15.5. The van der Waals surface area contributed by atoms with Crippen molar-refractivity contribution in [3.05, 3.63) is 59.9 Å². The van der Waals surface area contributed by atoms with Crippen LogP contribution in [0.25, 0.3) is 0 Å². The number of nitrogens with zero attached hydrogens (tertiary/aromatic N) is 1. The molecule has 0 aliphatic heterocycles. The van der Waals surface area contributed by atoms with Gasteiger partial charge in [-0.15, -0.1) is 0 Å². The minimum absolute atomic E-state index is 0.0258. The summed E-state index contributed by atoms with van der Waals surface area (Å²) < 4.78 is 35.9. The van der Waals surface area contributed by atoms with Gasteiger partial charge in [0.1, 0.15) is 0 Å². The summed E-state index contributed by atoms with van der Waals surface area (Å²) >= 11 is 0. The van der Waals surface area contributed by atoms with Crippen LogP contribution in [0.2, 0.25) is 0 Å². The van der Waals surface area contributed by atoms with Crippen LogP contribution >= 0.6 is 0 Å². The largest absolute Gasteiger partial charge is 0.478 e. The van der Waals surface area contributed by atoms with E-state index in [2.05, 4.69) is 4.18 Å². The molecule has 0 atom stereocenters. The average Bonchev–Trinajstić information content (AvgIpc) is 2.37. The predicted molar refractivity (Wildman–Crippen MR) is 71.3 cm³/mol. The zero-order valence-corrected chi connectivity index (χ0v) is 11.5. The van der Waals surface area contributed by atoms with E-state index in [1.54, 1.807) is 29.0 Å². The number of rotatable bonds is 5. The van der Waals surface area contributed by atoms with Crippen molar-refractivity contribution in [1.82, 2.24) is 0 Å². The summed E-state index contributed by atoms with van der Waals surface area (Å²) in [6, 6.07) is 9.23. The van der Waals surface area contributed by atoms with E-state index in [4.69, 9.17) is 9.66 Å². The molecule has 2 aromatic rings. The predicted octanol–water partition coefficient (Wildman–Crippen LogP) is 0.902. The first kappa shape index (κ1) is 14.9. The van der Waals surface area contributed by atoms with Gasteiger partial charge in [-0.25, -0.2) is 4.79 Å². The molecule has 0 spiro atoms. The fraction of sp³-hybridized carbons (Fsp3) is 0.0769. The maximum absolute atomic E-state index is 10.7. The average molecular weight is 310 g/mol. The summed E-state index contributed by atoms with van der Waals surface area (Å²) in [5, 5.41) is 8.81. The van der Waals surface area contributed by atoms with Gasteiger partial charge < -0.3 is 9.29 Å². The Balaban J connectivity index is 2.16. The molecule has 0 saturated heterocycles. The van der Waals surface area contributed by atoms with Crippen molar-refractivity contribution in [3.8, 4) is 5.75 Å². The number of aromatic carboxylic acids is 1. The standard InChI is InChI=1S/C13H11NO6S/c15-13(16)11-5-3-10(4-6-11)8-14-7-1-2-12(9-14)20-21(17,18)19/h1-7,9H,8H2,(H-,15,16,17,18,19)/p+1. The van der Waals surface area contributed by atoms with Gasteiger partial charge in [-0.3, -0.25) is 4.55 Å². The second-order valence-corrected chi connectivity index (χ2v) is 5.25. The topological polar surface area (TPSA) is 105 Å². The molecule has 0 saturated carbocycles. The van der Waals surface area contributed by atoms with Crippen LogP contribution in [0.4, 0.5) is 0 Å². The molecule has 1 aromatic carbocycles. The van der Waals surface area contributed by atoms with Gasteiger partial charge in [0.25, 0.3) is 0 Å². The maximum Gasteiger partial charge on any atom is 0.446 e. The summed E-state index contributed by atoms with van der Waals surface area (Å²) in [4.78, 5) is 10.7. The number of pyridine rings is 1. The van der Waals surface area contributed by atoms with Crippen molar-refractivity contribution in [1.29, 1.82) is 0 Å². The smallest absolute Gasteiger partial charge is 0.446 e. The Labute approximate surface area is 121 Å². The van der Waals surface area contributed by atoms with Gasteiger partial charge in [0, 0.05) is 11.6 Å². The lowest BCUT2D eigenvalue weighted by Crippen LogP contribution is -2.33. The van der Waals surface area contributed by atoms with Crippen LogP contribution in [-0.4, -0.2) is 24.0 Å². The van der Waals surface area contributed by atoms with E-state index >= 15 is 0 Å². The first-order valence-electron chi connectivity index (χ1n) is 5.82. The lowest BCUT2D eigenvalue weighted by atomic mass is 10.1. The number of benzene rings is 1. The number of carboxylic acid groups (broad SMARTS) is 1. The highest BCUT2D eigenvalue weighted by atomic mass is 32.3. The second-order valence-electron chi connectivity index (χ2n) is 4.23. The van der Waals surface area contributed by atoms with E-state index in [0.717, 1.165) is 5.56 Å². The van der Waals surface area contributed by atoms with Crippen LogP contribution < -0.4 is 8.75 Å². The highest BCUT2D eigenvalue weighted by molar-refractivity contribution is 7.81. The molecule has 0 radical (unpaired) electrons. The quantitative estimate of drug-likeness (QED) is 0.628. The molecular weight excluding hydrogens is 298 g/mol. The van der Waals surface area contributed by atoms with Crippen molar-refractivity contribution < 1.29 is 31.6 Å². The van der Waals surface area contributed by atoms with Gasteiger partial charge in [-0.2, -0.15) is 13.0 Å². The Hall–Kier alpha value is -2.45. The number of carbonyl (C=O) groups is 1. The van der Waals surface area contributed by atoms with Crippen LogP contribution in [0.5, 0.6) is 5.75 Å². The van der Waals surface area contributed by atoms with Gasteiger partial charge >= 0.3 is 16.4 Å². The molecule has 8 heteroatoms. The molecule has 1 heterocycles. The molecule has 2 rings (SSSR count). The second kappa shape index (κ2) is 5.90. The third-order valence-electron chi connectivity index (χ3n) is 2.60. The molecule has 0 aliphatic rings. The fourth-order valence-corrected chi connectivity index (χ4v) is 2.07. The Kier molecular flexibility index (Phi) is 4.20. The SMILES string of the molecule is O=C(O)c1ccc(C[n+]2cccc(OS(=O)(=O)O)c2)cc1. The van der Waals surface area contributed by atoms with E-state index < -0.39 is 16.4 Å². The minimum atomic E-state index is -4.56. The molecular formula is C13H12NO6S+. The Morgan fingerprint density at radius 2 is 1.86 bits per heavy atom. The Morgan fingerprint density at radius 1 is 1.19 bits per heavy atom. The molecule has 1 aromatic heterocycles. The van der Waals surface area contributed by atoms with Gasteiger partial charge in [0.2, 0.25) is 11.9 Å². The van der Waals surface area contributed by atoms with Crippen molar-refractivity contribution in [2.24, 2.45) is 0 Å². The molecule has 7 nitrogen and oxygen atoms in total. The van der Waals surface area contributed by atoms with E-state index in [1.807, 2.05) is 0 Å². The van der Waals surface area contributed by atoms with Crippen LogP contribution in [0.15, 0.2) is 48.8 Å². The van der Waals surface area contributed by atoms with Crippen molar-refractivity contribution in [3.63, 3.8) is 0 Å². The monoisotopic (exact) mass is 310 g/mol. The molecule has 0 unspecified atom stereocenters. The Morgan fingerprint density at radius 3 is 2.43 bits per heavy atom. The molecule has 0 amide bonds. The van der Waals surface area contributed by atoms with Crippen molar-refractivity contribution >= 4 is 16.4 Å². The van der Waals surface area contributed by atoms with Crippen LogP contribution in [-0.2, 0) is 16.9 Å². The van der Waals surface area contributed by atoms with Gasteiger partial charge in [0.15, 0.2) is 12.7 Å². The molecule has 110 valence electrons. The first-order valence-corrected chi connectivity index (χ1v) is 7.18. The summed E-state index contributed by atoms with van der Waals surface area (Å²) in [5.74, 6) is -1.03. The number of carboxylic acids is 1. The normalized spacial score (nSPS) is 11.1. The summed E-state index contributed by atoms with van der Waals surface area (Å²) in [6.45, 7) is 0.391. The summed E-state index contributed by atoms with van der Waals surface area (Å²) in [6.07, 6.45) is 3.08. The Bertz CT molecular complexity index is 754. The number of hydrogen-bond acceptors (Lipinski definition) is 4. The van der Waals surface area contributed by atoms with E-state index in [9.17, 15) is 13.2 Å². The highest BCUT2D eigenvalue weighted by Gasteiger charge is 2.11. The van der Waals surface area contributed by atoms with E-state index in [-0.39, 0.29) is 11.3 Å². The van der Waals surface area contributed by atoms with E-state index in [0.29, 0.717) is 6.54 Å². The molecule has 2 N–H and O–H groups in total. The first-order chi connectivity index (χ1) is 9.83. The zero-order valence-electron chi connectivity index (χ0n) is 10.7. The highest BCUT2D eigenvalue weighted by Crippen LogP contribution is 2.09. The number of aromatic nitrogens is 1. The fourth-order valence-electron chi connectivity index (χ4n) is 1.73. The molecule has 0 fully saturated rings. The van der Waals surface area contributed by atoms with Gasteiger partial charge in [0.05, 0.1) is 5.56 Å². The van der Waals surface area contributed by atoms with E-state index in [1.165, 1.54) is 24.4 Å². The summed E-state index contributed by atoms with van der Waals surface area (Å²) in [7, 11) is -4.56. The lowest BCUT2D eigenvalue weighted by molar-refractivity contribution is -0.688. The third-order valence-corrected chi connectivity index (χ3v) is 3.00. The third kappa shape index (κ3) is 4.55. The van der Waals surface area contributed by atoms with Crippen molar-refractivity contribution in [2.75, 3.05) is 0 Å². The van der Waals surface area contributed by atoms with Gasteiger partial charge in [-0.05, 0) is 18.2 Å². The van der Waals surface area contributed by atoms with Crippen LogP contribution in [0.3, 0.4) is 0 Å². The molecule has 0 aliphatic carbocycles. The lowest BCUT2D eigenvalue weighted by Gasteiger charge is -2.02. The summed E-state index contributed by atoms with van der Waals surface area (Å²) in [5.41, 5.74) is 1.02. The van der Waals surface area contributed by atoms with Crippen molar-refractivity contribution in [2.45, 2.75) is 6.54 Å². The van der Waals surface area contributed by atoms with Crippen LogP contribution in [0.1, 0.15) is 15.9 Å².